The average Bonchev–Trinajstić information content (AvgIpc) is 2.84. The summed E-state index contributed by atoms with van der Waals surface area (Å²) in [6, 6.07) is 7.41. The molecule has 2 heterocycles. The van der Waals surface area contributed by atoms with E-state index in [0.717, 1.165) is 16.7 Å². The van der Waals surface area contributed by atoms with Crippen LogP contribution in [0.2, 0.25) is 0 Å². The third kappa shape index (κ3) is 2.08. The van der Waals surface area contributed by atoms with Gasteiger partial charge in [-0.2, -0.15) is 5.10 Å². The average molecular weight is 255 g/mol. The maximum absolute atomic E-state index is 5.92. The van der Waals surface area contributed by atoms with Crippen molar-refractivity contribution in [1.29, 1.82) is 0 Å². The van der Waals surface area contributed by atoms with E-state index in [2.05, 4.69) is 15.1 Å². The summed E-state index contributed by atoms with van der Waals surface area (Å²) in [5.41, 5.74) is 7.36. The molecular formula is C13H13N5O. The van der Waals surface area contributed by atoms with Crippen molar-refractivity contribution in [2.24, 2.45) is 7.05 Å². The predicted molar refractivity (Wildman–Crippen MR) is 71.5 cm³/mol. The van der Waals surface area contributed by atoms with E-state index in [1.54, 1.807) is 10.9 Å². The zero-order valence-electron chi connectivity index (χ0n) is 10.4. The van der Waals surface area contributed by atoms with Crippen LogP contribution >= 0.6 is 0 Å². The fourth-order valence-corrected chi connectivity index (χ4v) is 1.88. The molecule has 2 aromatic heterocycles. The minimum atomic E-state index is 0.339. The molecule has 19 heavy (non-hydrogen) atoms. The molecule has 0 unspecified atom stereocenters. The fraction of sp³-hybridized carbons (Fsp3) is 0.154. The van der Waals surface area contributed by atoms with Crippen molar-refractivity contribution in [1.82, 2.24) is 19.7 Å². The molecule has 0 aliphatic heterocycles. The maximum atomic E-state index is 5.92. The summed E-state index contributed by atoms with van der Waals surface area (Å²) in [7, 11) is 1.82. The summed E-state index contributed by atoms with van der Waals surface area (Å²) >= 11 is 0. The molecule has 3 aromatic rings. The Morgan fingerprint density at radius 3 is 2.95 bits per heavy atom. The number of benzene rings is 1. The normalized spacial score (nSPS) is 10.8. The molecule has 0 saturated heterocycles. The zero-order chi connectivity index (χ0) is 13.2. The second kappa shape index (κ2) is 4.56. The van der Waals surface area contributed by atoms with Crippen molar-refractivity contribution in [3.8, 4) is 5.75 Å². The molecule has 0 amide bonds. The number of fused-ring (bicyclic) bond motifs is 1. The van der Waals surface area contributed by atoms with Crippen LogP contribution in [0.1, 0.15) is 5.82 Å². The lowest BCUT2D eigenvalue weighted by Crippen LogP contribution is -2.05. The van der Waals surface area contributed by atoms with Gasteiger partial charge in [0.1, 0.15) is 24.2 Å². The van der Waals surface area contributed by atoms with Gasteiger partial charge in [0.25, 0.3) is 0 Å². The Balaban J connectivity index is 1.93. The lowest BCUT2D eigenvalue weighted by molar-refractivity contribution is 0.293. The van der Waals surface area contributed by atoms with Crippen LogP contribution < -0.4 is 10.5 Å². The SMILES string of the molecule is Cn1ncnc1COc1ccc(N)c2cccnc12. The standard InChI is InChI=1S/C13H13N5O/c1-18-12(16-8-17-18)7-19-11-5-4-10(14)9-3-2-6-15-13(9)11/h2-6,8H,7,14H2,1H3. The first-order valence-electron chi connectivity index (χ1n) is 5.84. The van der Waals surface area contributed by atoms with Crippen molar-refractivity contribution < 1.29 is 4.74 Å². The molecule has 0 aliphatic carbocycles. The topological polar surface area (TPSA) is 78.8 Å². The van der Waals surface area contributed by atoms with Crippen LogP contribution in [-0.2, 0) is 13.7 Å². The molecule has 1 aromatic carbocycles. The molecule has 96 valence electrons. The molecular weight excluding hydrogens is 242 g/mol. The van der Waals surface area contributed by atoms with Gasteiger partial charge in [0.2, 0.25) is 0 Å². The van der Waals surface area contributed by atoms with E-state index in [9.17, 15) is 0 Å². The quantitative estimate of drug-likeness (QED) is 0.718. The molecule has 0 fully saturated rings. The van der Waals surface area contributed by atoms with Crippen LogP contribution in [0, 0.1) is 0 Å². The fourth-order valence-electron chi connectivity index (χ4n) is 1.88. The second-order valence-corrected chi connectivity index (χ2v) is 4.14. The second-order valence-electron chi connectivity index (χ2n) is 4.14. The number of pyridine rings is 1. The van der Waals surface area contributed by atoms with Crippen molar-refractivity contribution in [2.75, 3.05) is 5.73 Å². The number of hydrogen-bond donors (Lipinski definition) is 1. The molecule has 0 spiro atoms. The summed E-state index contributed by atoms with van der Waals surface area (Å²) < 4.78 is 7.43. The minimum Gasteiger partial charge on any atom is -0.483 e. The predicted octanol–water partition coefficient (Wildman–Crippen LogP) is 1.52. The maximum Gasteiger partial charge on any atom is 0.164 e. The number of aryl methyl sites for hydroxylation is 1. The molecule has 0 atom stereocenters. The number of aromatic nitrogens is 4. The Morgan fingerprint density at radius 1 is 1.26 bits per heavy atom. The van der Waals surface area contributed by atoms with Crippen LogP contribution in [0.4, 0.5) is 5.69 Å². The molecule has 2 N–H and O–H groups in total. The van der Waals surface area contributed by atoms with E-state index in [1.807, 2.05) is 31.3 Å². The van der Waals surface area contributed by atoms with Crippen LogP contribution in [0.25, 0.3) is 10.9 Å². The van der Waals surface area contributed by atoms with Crippen molar-refractivity contribution in [3.05, 3.63) is 42.6 Å². The highest BCUT2D eigenvalue weighted by Gasteiger charge is 2.08. The molecule has 0 bridgehead atoms. The molecule has 6 nitrogen and oxygen atoms in total. The van der Waals surface area contributed by atoms with Gasteiger partial charge >= 0.3 is 0 Å². The minimum absolute atomic E-state index is 0.339. The summed E-state index contributed by atoms with van der Waals surface area (Å²) in [5, 5.41) is 4.88. The van der Waals surface area contributed by atoms with Gasteiger partial charge in [0.05, 0.1) is 0 Å². The number of nitrogen functional groups attached to an aromatic ring is 1. The van der Waals surface area contributed by atoms with Crippen LogP contribution in [-0.4, -0.2) is 19.7 Å². The van der Waals surface area contributed by atoms with Gasteiger partial charge in [-0.1, -0.05) is 0 Å². The number of hydrogen-bond acceptors (Lipinski definition) is 5. The van der Waals surface area contributed by atoms with Gasteiger partial charge in [-0.05, 0) is 24.3 Å². The number of nitrogens with two attached hydrogens (primary N) is 1. The summed E-state index contributed by atoms with van der Waals surface area (Å²) in [6.45, 7) is 0.339. The van der Waals surface area contributed by atoms with E-state index in [4.69, 9.17) is 10.5 Å². The van der Waals surface area contributed by atoms with Gasteiger partial charge in [-0.25, -0.2) is 4.98 Å². The van der Waals surface area contributed by atoms with Crippen LogP contribution in [0.3, 0.4) is 0 Å². The number of anilines is 1. The molecule has 0 radical (unpaired) electrons. The van der Waals surface area contributed by atoms with Gasteiger partial charge in [0.15, 0.2) is 5.82 Å². The van der Waals surface area contributed by atoms with Gasteiger partial charge in [-0.15, -0.1) is 0 Å². The number of rotatable bonds is 3. The number of ether oxygens (including phenoxy) is 1. The van der Waals surface area contributed by atoms with Gasteiger partial charge < -0.3 is 10.5 Å². The van der Waals surface area contributed by atoms with E-state index in [1.165, 1.54) is 6.33 Å². The van der Waals surface area contributed by atoms with Crippen LogP contribution in [0.5, 0.6) is 5.75 Å². The van der Waals surface area contributed by atoms with E-state index in [-0.39, 0.29) is 0 Å². The van der Waals surface area contributed by atoms with Crippen LogP contribution in [0.15, 0.2) is 36.8 Å². The van der Waals surface area contributed by atoms with Crippen molar-refractivity contribution in [2.45, 2.75) is 6.61 Å². The molecule has 3 rings (SSSR count). The molecule has 6 heteroatoms. The smallest absolute Gasteiger partial charge is 0.164 e. The Labute approximate surface area is 109 Å². The molecule has 0 aliphatic rings. The Hall–Kier alpha value is -2.63. The Morgan fingerprint density at radius 2 is 2.16 bits per heavy atom. The van der Waals surface area contributed by atoms with Crippen molar-refractivity contribution in [3.63, 3.8) is 0 Å². The summed E-state index contributed by atoms with van der Waals surface area (Å²) in [6.07, 6.45) is 3.22. The van der Waals surface area contributed by atoms with E-state index < -0.39 is 0 Å². The first kappa shape index (κ1) is 11.5. The van der Waals surface area contributed by atoms with Gasteiger partial charge in [0, 0.05) is 24.3 Å². The molecule has 0 saturated carbocycles. The lowest BCUT2D eigenvalue weighted by atomic mass is 10.2. The summed E-state index contributed by atoms with van der Waals surface area (Å²) in [4.78, 5) is 8.43. The Bertz CT molecular complexity index is 722. The lowest BCUT2D eigenvalue weighted by Gasteiger charge is -2.09. The third-order valence-electron chi connectivity index (χ3n) is 2.93. The first-order valence-corrected chi connectivity index (χ1v) is 5.84. The Kier molecular flexibility index (Phi) is 2.75. The zero-order valence-corrected chi connectivity index (χ0v) is 10.4. The van der Waals surface area contributed by atoms with Gasteiger partial charge in [-0.3, -0.25) is 9.67 Å². The van der Waals surface area contributed by atoms with Crippen molar-refractivity contribution >= 4 is 16.6 Å². The highest BCUT2D eigenvalue weighted by molar-refractivity contribution is 5.94. The highest BCUT2D eigenvalue weighted by atomic mass is 16.5. The first-order chi connectivity index (χ1) is 9.25. The number of nitrogens with zero attached hydrogens (tertiary/aromatic N) is 4. The monoisotopic (exact) mass is 255 g/mol. The highest BCUT2D eigenvalue weighted by Crippen LogP contribution is 2.28. The summed E-state index contributed by atoms with van der Waals surface area (Å²) in [5.74, 6) is 1.44. The van der Waals surface area contributed by atoms with E-state index >= 15 is 0 Å². The largest absolute Gasteiger partial charge is 0.483 e. The third-order valence-corrected chi connectivity index (χ3v) is 2.93. The van der Waals surface area contributed by atoms with E-state index in [0.29, 0.717) is 18.0 Å².